The van der Waals surface area contributed by atoms with E-state index in [2.05, 4.69) is 33.3 Å². The van der Waals surface area contributed by atoms with Crippen molar-refractivity contribution in [2.45, 2.75) is 19.0 Å². The van der Waals surface area contributed by atoms with Gasteiger partial charge in [-0.2, -0.15) is 5.10 Å². The number of aromatic nitrogens is 3. The summed E-state index contributed by atoms with van der Waals surface area (Å²) in [6.45, 7) is 3.60. The van der Waals surface area contributed by atoms with Gasteiger partial charge in [-0.3, -0.25) is 14.6 Å². The van der Waals surface area contributed by atoms with Crippen LogP contribution in [0.4, 0.5) is 0 Å². The summed E-state index contributed by atoms with van der Waals surface area (Å²) in [7, 11) is 3.74. The first-order chi connectivity index (χ1) is 9.76. The summed E-state index contributed by atoms with van der Waals surface area (Å²) in [4.78, 5) is 6.52. The Morgan fingerprint density at radius 3 is 2.90 bits per heavy atom. The van der Waals surface area contributed by atoms with Crippen LogP contribution < -0.4 is 0 Å². The van der Waals surface area contributed by atoms with Crippen LogP contribution in [0.25, 0.3) is 0 Å². The number of pyridine rings is 1. The third-order valence-electron chi connectivity index (χ3n) is 3.72. The highest BCUT2D eigenvalue weighted by Gasteiger charge is 2.28. The Kier molecular flexibility index (Phi) is 3.80. The van der Waals surface area contributed by atoms with E-state index in [9.17, 15) is 0 Å². The Bertz CT molecular complexity index is 567. The van der Waals surface area contributed by atoms with Crippen LogP contribution in [0, 0.1) is 0 Å². The zero-order valence-corrected chi connectivity index (χ0v) is 12.0. The topological polar surface area (TPSA) is 43.2 Å². The van der Waals surface area contributed by atoms with Crippen LogP contribution in [0.1, 0.15) is 22.7 Å². The summed E-state index contributed by atoms with van der Waals surface area (Å²) in [5.41, 5.74) is 3.80. The van der Waals surface area contributed by atoms with Crippen LogP contribution in [0.2, 0.25) is 0 Å². The molecular weight excluding hydrogens is 252 g/mol. The maximum atomic E-state index is 5.36. The van der Waals surface area contributed by atoms with Gasteiger partial charge in [0.15, 0.2) is 0 Å². The van der Waals surface area contributed by atoms with E-state index in [1.807, 2.05) is 24.1 Å². The first-order valence-corrected chi connectivity index (χ1v) is 6.89. The Morgan fingerprint density at radius 2 is 2.15 bits per heavy atom. The lowest BCUT2D eigenvalue weighted by molar-refractivity contribution is 0.134. The molecule has 1 atom stereocenters. The Labute approximate surface area is 119 Å². The molecule has 5 heteroatoms. The Hall–Kier alpha value is -1.72. The lowest BCUT2D eigenvalue weighted by Gasteiger charge is -2.31. The van der Waals surface area contributed by atoms with Crippen molar-refractivity contribution in [2.24, 2.45) is 7.05 Å². The van der Waals surface area contributed by atoms with E-state index in [0.29, 0.717) is 5.92 Å². The average molecular weight is 272 g/mol. The fourth-order valence-electron chi connectivity index (χ4n) is 2.92. The lowest BCUT2D eigenvalue weighted by atomic mass is 9.97. The molecule has 3 heterocycles. The third-order valence-corrected chi connectivity index (χ3v) is 3.72. The van der Waals surface area contributed by atoms with E-state index in [4.69, 9.17) is 4.74 Å². The second-order valence-corrected chi connectivity index (χ2v) is 5.39. The first-order valence-electron chi connectivity index (χ1n) is 6.89. The molecule has 1 unspecified atom stereocenters. The van der Waals surface area contributed by atoms with Gasteiger partial charge in [0.25, 0.3) is 0 Å². The number of ether oxygens (including phenoxy) is 1. The predicted octanol–water partition coefficient (Wildman–Crippen LogP) is 1.56. The number of hydrogen-bond donors (Lipinski definition) is 0. The summed E-state index contributed by atoms with van der Waals surface area (Å²) in [5.74, 6) is 0.354. The minimum absolute atomic E-state index is 0.354. The van der Waals surface area contributed by atoms with E-state index in [0.717, 1.165) is 26.2 Å². The number of methoxy groups -OCH3 is 1. The molecule has 5 nitrogen and oxygen atoms in total. The predicted molar refractivity (Wildman–Crippen MR) is 76.2 cm³/mol. The molecule has 2 aromatic rings. The van der Waals surface area contributed by atoms with Crippen LogP contribution in [0.5, 0.6) is 0 Å². The highest BCUT2D eigenvalue weighted by atomic mass is 16.5. The van der Waals surface area contributed by atoms with Crippen molar-refractivity contribution in [3.05, 3.63) is 47.5 Å². The van der Waals surface area contributed by atoms with Crippen LogP contribution in [-0.2, 0) is 24.9 Å². The lowest BCUT2D eigenvalue weighted by Crippen LogP contribution is -2.34. The van der Waals surface area contributed by atoms with Crippen molar-refractivity contribution in [1.82, 2.24) is 19.7 Å². The highest BCUT2D eigenvalue weighted by molar-refractivity contribution is 5.25. The van der Waals surface area contributed by atoms with Crippen molar-refractivity contribution >= 4 is 0 Å². The van der Waals surface area contributed by atoms with Crippen molar-refractivity contribution in [2.75, 3.05) is 20.3 Å². The van der Waals surface area contributed by atoms with Gasteiger partial charge in [-0.05, 0) is 17.7 Å². The first kappa shape index (κ1) is 13.3. The van der Waals surface area contributed by atoms with Gasteiger partial charge in [-0.15, -0.1) is 0 Å². The SMILES string of the molecule is COCC1CN(Cc2ccncc2)Cc2cn(C)nc21. The van der Waals surface area contributed by atoms with Gasteiger partial charge in [-0.25, -0.2) is 0 Å². The van der Waals surface area contributed by atoms with Crippen LogP contribution in [0.3, 0.4) is 0 Å². The molecule has 0 amide bonds. The number of fused-ring (bicyclic) bond motifs is 1. The second kappa shape index (κ2) is 5.73. The van der Waals surface area contributed by atoms with Crippen LogP contribution in [-0.4, -0.2) is 39.9 Å². The van der Waals surface area contributed by atoms with E-state index < -0.39 is 0 Å². The highest BCUT2D eigenvalue weighted by Crippen LogP contribution is 2.28. The summed E-state index contributed by atoms with van der Waals surface area (Å²) in [6.07, 6.45) is 5.82. The molecule has 0 bridgehead atoms. The number of hydrogen-bond acceptors (Lipinski definition) is 4. The number of aryl methyl sites for hydroxylation is 1. The third kappa shape index (κ3) is 2.73. The molecule has 0 fully saturated rings. The molecule has 0 aliphatic carbocycles. The molecule has 106 valence electrons. The molecule has 0 spiro atoms. The maximum absolute atomic E-state index is 5.36. The van der Waals surface area contributed by atoms with E-state index >= 15 is 0 Å². The second-order valence-electron chi connectivity index (χ2n) is 5.39. The standard InChI is InChI=1S/C15H20N4O/c1-18-8-13-9-19(7-12-3-5-16-6-4-12)10-14(11-20-2)15(13)17-18/h3-6,8,14H,7,9-11H2,1-2H3. The molecule has 0 saturated heterocycles. The van der Waals surface area contributed by atoms with Crippen molar-refractivity contribution in [1.29, 1.82) is 0 Å². The van der Waals surface area contributed by atoms with Crippen LogP contribution >= 0.6 is 0 Å². The summed E-state index contributed by atoms with van der Waals surface area (Å²) >= 11 is 0. The van der Waals surface area contributed by atoms with Gasteiger partial charge >= 0.3 is 0 Å². The molecule has 20 heavy (non-hydrogen) atoms. The molecule has 0 N–H and O–H groups in total. The van der Waals surface area contributed by atoms with Crippen molar-refractivity contribution in [3.63, 3.8) is 0 Å². The van der Waals surface area contributed by atoms with Crippen molar-refractivity contribution in [3.8, 4) is 0 Å². The van der Waals surface area contributed by atoms with E-state index in [1.54, 1.807) is 7.11 Å². The number of rotatable bonds is 4. The van der Waals surface area contributed by atoms with Gasteiger partial charge in [0, 0.05) is 63.9 Å². The molecule has 0 aromatic carbocycles. The minimum atomic E-state index is 0.354. The quantitative estimate of drug-likeness (QED) is 0.847. The summed E-state index contributed by atoms with van der Waals surface area (Å²) < 4.78 is 7.27. The van der Waals surface area contributed by atoms with E-state index in [1.165, 1.54) is 16.8 Å². The van der Waals surface area contributed by atoms with Crippen LogP contribution in [0.15, 0.2) is 30.7 Å². The summed E-state index contributed by atoms with van der Waals surface area (Å²) in [6, 6.07) is 4.15. The Morgan fingerprint density at radius 1 is 1.35 bits per heavy atom. The van der Waals surface area contributed by atoms with Gasteiger partial charge < -0.3 is 4.74 Å². The molecule has 3 rings (SSSR count). The smallest absolute Gasteiger partial charge is 0.0736 e. The zero-order chi connectivity index (χ0) is 13.9. The molecular formula is C15H20N4O. The number of nitrogens with zero attached hydrogens (tertiary/aromatic N) is 4. The minimum Gasteiger partial charge on any atom is -0.384 e. The Balaban J connectivity index is 1.79. The average Bonchev–Trinajstić information content (AvgIpc) is 2.81. The normalized spacial score (nSPS) is 19.0. The van der Waals surface area contributed by atoms with E-state index in [-0.39, 0.29) is 0 Å². The maximum Gasteiger partial charge on any atom is 0.0736 e. The molecule has 0 radical (unpaired) electrons. The largest absolute Gasteiger partial charge is 0.384 e. The fraction of sp³-hybridized carbons (Fsp3) is 0.467. The molecule has 1 aliphatic heterocycles. The fourth-order valence-corrected chi connectivity index (χ4v) is 2.92. The van der Waals surface area contributed by atoms with Gasteiger partial charge in [-0.1, -0.05) is 0 Å². The van der Waals surface area contributed by atoms with Gasteiger partial charge in [0.1, 0.15) is 0 Å². The molecule has 0 saturated carbocycles. The molecule has 2 aromatic heterocycles. The summed E-state index contributed by atoms with van der Waals surface area (Å²) in [5, 5.41) is 4.59. The zero-order valence-electron chi connectivity index (χ0n) is 12.0. The van der Waals surface area contributed by atoms with Gasteiger partial charge in [0.05, 0.1) is 12.3 Å². The van der Waals surface area contributed by atoms with Crippen molar-refractivity contribution < 1.29 is 4.74 Å². The van der Waals surface area contributed by atoms with Gasteiger partial charge in [0.2, 0.25) is 0 Å². The molecule has 1 aliphatic rings. The monoisotopic (exact) mass is 272 g/mol.